The van der Waals surface area contributed by atoms with Crippen LogP contribution >= 0.6 is 0 Å². The van der Waals surface area contributed by atoms with Gasteiger partial charge in [-0.3, -0.25) is 4.79 Å². The lowest BCUT2D eigenvalue weighted by Crippen LogP contribution is -2.11. The number of benzene rings is 3. The molecule has 3 aromatic carbocycles. The zero-order chi connectivity index (χ0) is 20.5. The minimum atomic E-state index is -0.600. The van der Waals surface area contributed by atoms with Crippen molar-refractivity contribution in [3.8, 4) is 0 Å². The van der Waals surface area contributed by atoms with E-state index < -0.39 is 17.5 Å². The van der Waals surface area contributed by atoms with Crippen LogP contribution in [0, 0.1) is 17.7 Å². The molecule has 0 saturated carbocycles. The van der Waals surface area contributed by atoms with Crippen molar-refractivity contribution in [3.63, 3.8) is 0 Å². The number of rotatable bonds is 6. The Hall–Kier alpha value is -3.21. The maximum atomic E-state index is 14.4. The van der Waals surface area contributed by atoms with Crippen LogP contribution in [0.5, 0.6) is 0 Å². The summed E-state index contributed by atoms with van der Waals surface area (Å²) in [5, 5.41) is 1.39. The molecule has 1 amide bonds. The van der Waals surface area contributed by atoms with Gasteiger partial charge < -0.3 is 10.3 Å². The monoisotopic (exact) mass is 391 g/mol. The first-order valence-electron chi connectivity index (χ1n) is 9.69. The van der Waals surface area contributed by atoms with Gasteiger partial charge in [0.25, 0.3) is 0 Å². The minimum absolute atomic E-state index is 0.00575. The first kappa shape index (κ1) is 19.1. The van der Waals surface area contributed by atoms with Crippen molar-refractivity contribution >= 4 is 27.7 Å². The van der Waals surface area contributed by atoms with E-state index in [1.54, 1.807) is 12.1 Å². The van der Waals surface area contributed by atoms with Crippen LogP contribution in [0.25, 0.3) is 21.8 Å². The van der Waals surface area contributed by atoms with E-state index in [-0.39, 0.29) is 12.1 Å². The van der Waals surface area contributed by atoms with Crippen LogP contribution in [0.15, 0.2) is 48.5 Å². The van der Waals surface area contributed by atoms with E-state index in [2.05, 4.69) is 13.0 Å². The summed E-state index contributed by atoms with van der Waals surface area (Å²) in [6, 6.07) is 16.3. The summed E-state index contributed by atoms with van der Waals surface area (Å²) in [5.74, 6) is -1.75. The second-order valence-corrected chi connectivity index (χ2v) is 7.22. The first-order valence-corrected chi connectivity index (χ1v) is 9.69. The highest BCUT2D eigenvalue weighted by Gasteiger charge is 2.19. The topological polar surface area (TPSA) is 48.0 Å². The van der Waals surface area contributed by atoms with E-state index in [4.69, 9.17) is 5.73 Å². The number of nitrogens with zero attached hydrogens (tertiary/aromatic N) is 1. The fourth-order valence-corrected chi connectivity index (χ4v) is 3.84. The average molecular weight is 391 g/mol. The fourth-order valence-electron chi connectivity index (χ4n) is 3.84. The summed E-state index contributed by atoms with van der Waals surface area (Å²) in [5.41, 5.74) is 8.52. The highest BCUT2D eigenvalue weighted by atomic mass is 19.1. The molecule has 0 aliphatic heterocycles. The fraction of sp³-hybridized carbons (Fsp3) is 0.208. The van der Waals surface area contributed by atoms with Gasteiger partial charge in [-0.25, -0.2) is 8.78 Å². The lowest BCUT2D eigenvalue weighted by atomic mass is 10.0. The van der Waals surface area contributed by atoms with Crippen molar-refractivity contribution in [2.45, 2.75) is 32.7 Å². The summed E-state index contributed by atoms with van der Waals surface area (Å²) in [6.45, 7) is 2.13. The zero-order valence-electron chi connectivity index (χ0n) is 16.1. The molecule has 0 aliphatic carbocycles. The molecular formula is C24H21F2N2O. The van der Waals surface area contributed by atoms with Gasteiger partial charge in [0.05, 0.1) is 17.6 Å². The molecule has 5 heteroatoms. The van der Waals surface area contributed by atoms with Crippen molar-refractivity contribution in [2.75, 3.05) is 0 Å². The van der Waals surface area contributed by atoms with E-state index in [0.29, 0.717) is 16.5 Å². The maximum Gasteiger partial charge on any atom is 0.249 e. The van der Waals surface area contributed by atoms with Crippen molar-refractivity contribution < 1.29 is 13.6 Å². The Morgan fingerprint density at radius 3 is 2.52 bits per heavy atom. The molecular weight excluding hydrogens is 370 g/mol. The van der Waals surface area contributed by atoms with Gasteiger partial charge in [0.1, 0.15) is 11.6 Å². The third-order valence-corrected chi connectivity index (χ3v) is 5.32. The van der Waals surface area contributed by atoms with Crippen LogP contribution in [-0.2, 0) is 13.0 Å². The van der Waals surface area contributed by atoms with Crippen LogP contribution in [0.3, 0.4) is 0 Å². The van der Waals surface area contributed by atoms with Gasteiger partial charge in [-0.05, 0) is 54.8 Å². The van der Waals surface area contributed by atoms with Crippen LogP contribution in [0.4, 0.5) is 8.78 Å². The molecule has 2 N–H and O–H groups in total. The lowest BCUT2D eigenvalue weighted by Gasteiger charge is -2.10. The van der Waals surface area contributed by atoms with Crippen LogP contribution in [0.1, 0.15) is 41.3 Å². The van der Waals surface area contributed by atoms with Crippen LogP contribution < -0.4 is 5.73 Å². The van der Waals surface area contributed by atoms with Crippen molar-refractivity contribution in [1.82, 2.24) is 4.57 Å². The molecule has 1 aromatic heterocycles. The van der Waals surface area contributed by atoms with E-state index in [1.165, 1.54) is 18.2 Å². The number of hydrogen-bond donors (Lipinski definition) is 1. The lowest BCUT2D eigenvalue weighted by molar-refractivity contribution is 0.100. The number of carbonyl (C=O) groups is 1. The van der Waals surface area contributed by atoms with Gasteiger partial charge in [-0.15, -0.1) is 0 Å². The number of fused-ring (bicyclic) bond motifs is 3. The number of primary amides is 1. The summed E-state index contributed by atoms with van der Waals surface area (Å²) < 4.78 is 30.6. The third kappa shape index (κ3) is 3.37. The molecule has 0 unspecified atom stereocenters. The maximum absolute atomic E-state index is 14.4. The molecule has 0 saturated heterocycles. The SMILES string of the molecule is CCCCc1c[c]c2c3c(C(N)=O)cccc3n(Cc3c(F)cccc3F)c2c1. The van der Waals surface area contributed by atoms with Gasteiger partial charge in [0, 0.05) is 21.9 Å². The predicted molar refractivity (Wildman–Crippen MR) is 111 cm³/mol. The molecule has 0 atom stereocenters. The minimum Gasteiger partial charge on any atom is -0.366 e. The number of amides is 1. The molecule has 4 rings (SSSR count). The molecule has 29 heavy (non-hydrogen) atoms. The van der Waals surface area contributed by atoms with Gasteiger partial charge in [0.2, 0.25) is 5.91 Å². The third-order valence-electron chi connectivity index (χ3n) is 5.32. The number of hydrogen-bond acceptors (Lipinski definition) is 1. The van der Waals surface area contributed by atoms with Gasteiger partial charge in [-0.1, -0.05) is 31.5 Å². The number of aryl methyl sites for hydroxylation is 1. The molecule has 1 radical (unpaired) electrons. The molecule has 1 heterocycles. The second kappa shape index (κ2) is 7.66. The molecule has 0 spiro atoms. The molecule has 3 nitrogen and oxygen atoms in total. The zero-order valence-corrected chi connectivity index (χ0v) is 16.1. The quantitative estimate of drug-likeness (QED) is 0.472. The highest BCUT2D eigenvalue weighted by molar-refractivity contribution is 6.17. The Labute approximate surface area is 167 Å². The first-order chi connectivity index (χ1) is 14.0. The second-order valence-electron chi connectivity index (χ2n) is 7.22. The van der Waals surface area contributed by atoms with E-state index in [9.17, 15) is 13.6 Å². The predicted octanol–water partition coefficient (Wildman–Crippen LogP) is 5.36. The van der Waals surface area contributed by atoms with Gasteiger partial charge in [-0.2, -0.15) is 0 Å². The molecule has 0 bridgehead atoms. The number of unbranched alkanes of at least 4 members (excludes halogenated alkanes) is 1. The Bertz CT molecular complexity index is 1210. The van der Waals surface area contributed by atoms with E-state index >= 15 is 0 Å². The van der Waals surface area contributed by atoms with Crippen molar-refractivity contribution in [1.29, 1.82) is 0 Å². The average Bonchev–Trinajstić information content (AvgIpc) is 3.02. The van der Waals surface area contributed by atoms with E-state index in [0.717, 1.165) is 35.7 Å². The Balaban J connectivity index is 2.01. The number of nitrogens with two attached hydrogens (primary N) is 1. The summed E-state index contributed by atoms with van der Waals surface area (Å²) in [7, 11) is 0. The standard InChI is InChI=1S/C24H21F2N2O/c1-2-3-6-15-11-12-16-22(13-15)28(14-18-19(25)8-5-9-20(18)26)21-10-4-7-17(23(16)21)24(27)29/h4-5,7-11,13H,2-3,6,14H2,1H3,(H2,27,29). The summed E-state index contributed by atoms with van der Waals surface area (Å²) in [4.78, 5) is 12.0. The Kier molecular flexibility index (Phi) is 5.05. The van der Waals surface area contributed by atoms with Crippen molar-refractivity contribution in [3.05, 3.63) is 82.9 Å². The molecule has 0 aliphatic rings. The Morgan fingerprint density at radius 1 is 1.10 bits per heavy atom. The van der Waals surface area contributed by atoms with Gasteiger partial charge in [0.15, 0.2) is 0 Å². The highest BCUT2D eigenvalue weighted by Crippen LogP contribution is 2.33. The Morgan fingerprint density at radius 2 is 1.83 bits per heavy atom. The number of carbonyl (C=O) groups excluding carboxylic acids is 1. The summed E-state index contributed by atoms with van der Waals surface area (Å²) in [6.07, 6.45) is 2.99. The van der Waals surface area contributed by atoms with Crippen molar-refractivity contribution in [2.24, 2.45) is 5.73 Å². The van der Waals surface area contributed by atoms with Gasteiger partial charge >= 0.3 is 0 Å². The van der Waals surface area contributed by atoms with E-state index in [1.807, 2.05) is 22.8 Å². The summed E-state index contributed by atoms with van der Waals surface area (Å²) >= 11 is 0. The van der Waals surface area contributed by atoms with Crippen LogP contribution in [-0.4, -0.2) is 10.5 Å². The molecule has 4 aromatic rings. The number of halogens is 2. The number of aromatic nitrogens is 1. The largest absolute Gasteiger partial charge is 0.366 e. The molecule has 147 valence electrons. The van der Waals surface area contributed by atoms with Crippen LogP contribution in [0.2, 0.25) is 0 Å². The smallest absolute Gasteiger partial charge is 0.249 e. The molecule has 0 fully saturated rings. The normalized spacial score (nSPS) is 11.4.